The number of carbonyl (C=O) groups excluding carboxylic acids is 1. The molecule has 16 heavy (non-hydrogen) atoms. The summed E-state index contributed by atoms with van der Waals surface area (Å²) in [6.45, 7) is 0.369. The predicted molar refractivity (Wildman–Crippen MR) is 60.1 cm³/mol. The Morgan fingerprint density at radius 2 is 2.31 bits per heavy atom. The molecule has 0 saturated heterocycles. The molecule has 0 heterocycles. The number of benzene rings is 1. The van der Waals surface area contributed by atoms with Crippen molar-refractivity contribution in [3.05, 3.63) is 28.8 Å². The van der Waals surface area contributed by atoms with Crippen LogP contribution in [0.1, 0.15) is 12.0 Å². The number of aromatic hydroxyl groups is 1. The third kappa shape index (κ3) is 3.79. The molecule has 0 atom stereocenters. The van der Waals surface area contributed by atoms with E-state index in [0.29, 0.717) is 23.6 Å². The van der Waals surface area contributed by atoms with Crippen molar-refractivity contribution >= 4 is 17.5 Å². The van der Waals surface area contributed by atoms with Gasteiger partial charge in [-0.15, -0.1) is 0 Å². The van der Waals surface area contributed by atoms with E-state index < -0.39 is 0 Å². The first-order valence-corrected chi connectivity index (χ1v) is 5.12. The Bertz CT molecular complexity index is 426. The Morgan fingerprint density at radius 1 is 1.56 bits per heavy atom. The van der Waals surface area contributed by atoms with Gasteiger partial charge in [0.15, 0.2) is 0 Å². The molecule has 0 aromatic heterocycles. The molecule has 0 radical (unpaired) electrons. The van der Waals surface area contributed by atoms with E-state index in [1.165, 1.54) is 6.07 Å². The van der Waals surface area contributed by atoms with Crippen molar-refractivity contribution in [3.8, 4) is 11.8 Å². The number of phenolic OH excluding ortho intramolecular Hbond substituents is 1. The van der Waals surface area contributed by atoms with Crippen LogP contribution in [0, 0.1) is 11.3 Å². The number of nitriles is 1. The van der Waals surface area contributed by atoms with Gasteiger partial charge in [-0.05, 0) is 30.2 Å². The Labute approximate surface area is 98.5 Å². The van der Waals surface area contributed by atoms with Crippen LogP contribution in [-0.2, 0) is 11.2 Å². The van der Waals surface area contributed by atoms with Gasteiger partial charge in [-0.2, -0.15) is 5.26 Å². The standard InChI is InChI=1S/C11H11ClN2O2/c12-9-1-2-10(15)8(7-9)4-6-14-11(16)3-5-13/h1-2,7,15H,3-4,6H2,(H,14,16). The third-order valence-corrected chi connectivity index (χ3v) is 2.23. The molecule has 1 amide bonds. The lowest BCUT2D eigenvalue weighted by molar-refractivity contribution is -0.120. The number of carbonyl (C=O) groups is 1. The van der Waals surface area contributed by atoms with E-state index in [1.807, 2.05) is 0 Å². The lowest BCUT2D eigenvalue weighted by Crippen LogP contribution is -2.24. The second-order valence-electron chi connectivity index (χ2n) is 3.21. The first-order chi connectivity index (χ1) is 7.63. The predicted octanol–water partition coefficient (Wildman–Crippen LogP) is 1.62. The van der Waals surface area contributed by atoms with Crippen molar-refractivity contribution < 1.29 is 9.90 Å². The summed E-state index contributed by atoms with van der Waals surface area (Å²) in [6, 6.07) is 6.50. The monoisotopic (exact) mass is 238 g/mol. The quantitative estimate of drug-likeness (QED) is 0.837. The van der Waals surface area contributed by atoms with E-state index >= 15 is 0 Å². The largest absolute Gasteiger partial charge is 0.508 e. The minimum Gasteiger partial charge on any atom is -0.508 e. The fourth-order valence-corrected chi connectivity index (χ4v) is 1.42. The van der Waals surface area contributed by atoms with Crippen molar-refractivity contribution in [2.45, 2.75) is 12.8 Å². The van der Waals surface area contributed by atoms with Gasteiger partial charge in [0.05, 0.1) is 6.07 Å². The second kappa shape index (κ2) is 5.99. The van der Waals surface area contributed by atoms with Gasteiger partial charge in [0.25, 0.3) is 0 Å². The number of nitrogens with zero attached hydrogens (tertiary/aromatic N) is 1. The van der Waals surface area contributed by atoms with Gasteiger partial charge in [0.1, 0.15) is 12.2 Å². The maximum atomic E-state index is 11.0. The number of nitrogens with one attached hydrogen (secondary N) is 1. The van der Waals surface area contributed by atoms with Gasteiger partial charge in [0.2, 0.25) is 5.91 Å². The summed E-state index contributed by atoms with van der Waals surface area (Å²) in [5.74, 6) is -0.164. The molecule has 2 N–H and O–H groups in total. The summed E-state index contributed by atoms with van der Waals surface area (Å²) >= 11 is 5.77. The topological polar surface area (TPSA) is 73.1 Å². The molecule has 0 bridgehead atoms. The summed E-state index contributed by atoms with van der Waals surface area (Å²) in [4.78, 5) is 11.0. The first-order valence-electron chi connectivity index (χ1n) is 4.74. The van der Waals surface area contributed by atoms with E-state index in [-0.39, 0.29) is 18.1 Å². The number of phenols is 1. The van der Waals surface area contributed by atoms with E-state index in [0.717, 1.165) is 0 Å². The van der Waals surface area contributed by atoms with Crippen LogP contribution in [-0.4, -0.2) is 17.6 Å². The molecular formula is C11H11ClN2O2. The zero-order valence-electron chi connectivity index (χ0n) is 8.53. The Balaban J connectivity index is 2.46. The number of hydrogen-bond acceptors (Lipinski definition) is 3. The fourth-order valence-electron chi connectivity index (χ4n) is 1.23. The molecule has 1 aromatic carbocycles. The molecule has 0 saturated carbocycles. The third-order valence-electron chi connectivity index (χ3n) is 2.00. The van der Waals surface area contributed by atoms with Gasteiger partial charge >= 0.3 is 0 Å². The highest BCUT2D eigenvalue weighted by Gasteiger charge is 2.03. The van der Waals surface area contributed by atoms with Crippen LogP contribution >= 0.6 is 11.6 Å². The zero-order valence-corrected chi connectivity index (χ0v) is 9.29. The van der Waals surface area contributed by atoms with Gasteiger partial charge in [-0.25, -0.2) is 0 Å². The van der Waals surface area contributed by atoms with Crippen LogP contribution in [0.2, 0.25) is 5.02 Å². The molecule has 4 nitrogen and oxygen atoms in total. The number of amides is 1. The smallest absolute Gasteiger partial charge is 0.234 e. The van der Waals surface area contributed by atoms with Crippen molar-refractivity contribution in [1.82, 2.24) is 5.32 Å². The molecular weight excluding hydrogens is 228 g/mol. The molecule has 0 aliphatic heterocycles. The second-order valence-corrected chi connectivity index (χ2v) is 3.64. The van der Waals surface area contributed by atoms with E-state index in [2.05, 4.69) is 5.32 Å². The van der Waals surface area contributed by atoms with Crippen molar-refractivity contribution in [3.63, 3.8) is 0 Å². The minimum absolute atomic E-state index is 0.151. The molecule has 84 valence electrons. The maximum Gasteiger partial charge on any atom is 0.234 e. The van der Waals surface area contributed by atoms with Crippen molar-refractivity contribution in [2.75, 3.05) is 6.54 Å². The van der Waals surface area contributed by atoms with Gasteiger partial charge in [0, 0.05) is 11.6 Å². The van der Waals surface area contributed by atoms with Crippen molar-refractivity contribution in [1.29, 1.82) is 5.26 Å². The normalized spacial score (nSPS) is 9.50. The highest BCUT2D eigenvalue weighted by molar-refractivity contribution is 6.30. The Kier molecular flexibility index (Phi) is 4.62. The molecule has 0 aliphatic rings. The summed E-state index contributed by atoms with van der Waals surface area (Å²) < 4.78 is 0. The molecule has 0 fully saturated rings. The molecule has 1 aromatic rings. The molecule has 0 spiro atoms. The summed E-state index contributed by atoms with van der Waals surface area (Å²) in [5, 5.41) is 20.8. The van der Waals surface area contributed by atoms with Crippen LogP contribution in [0.15, 0.2) is 18.2 Å². The van der Waals surface area contributed by atoms with Crippen LogP contribution in [0.3, 0.4) is 0 Å². The maximum absolute atomic E-state index is 11.0. The van der Waals surface area contributed by atoms with Crippen LogP contribution in [0.5, 0.6) is 5.75 Å². The lowest BCUT2D eigenvalue weighted by atomic mass is 10.1. The summed E-state index contributed by atoms with van der Waals surface area (Å²) in [5.41, 5.74) is 0.671. The SMILES string of the molecule is N#CCC(=O)NCCc1cc(Cl)ccc1O. The molecule has 0 aliphatic carbocycles. The number of halogens is 1. The van der Waals surface area contributed by atoms with Crippen LogP contribution in [0.4, 0.5) is 0 Å². The average molecular weight is 239 g/mol. The minimum atomic E-state index is -0.316. The zero-order chi connectivity index (χ0) is 12.0. The first kappa shape index (κ1) is 12.3. The van der Waals surface area contributed by atoms with E-state index in [9.17, 15) is 9.90 Å². The summed E-state index contributed by atoms with van der Waals surface area (Å²) in [6.07, 6.45) is 0.324. The molecule has 1 rings (SSSR count). The van der Waals surface area contributed by atoms with Crippen molar-refractivity contribution in [2.24, 2.45) is 0 Å². The molecule has 0 unspecified atom stereocenters. The van der Waals surface area contributed by atoms with Crippen LogP contribution in [0.25, 0.3) is 0 Å². The van der Waals surface area contributed by atoms with E-state index in [1.54, 1.807) is 18.2 Å². The van der Waals surface area contributed by atoms with Crippen LogP contribution < -0.4 is 5.32 Å². The van der Waals surface area contributed by atoms with Gasteiger partial charge in [-0.1, -0.05) is 11.6 Å². The fraction of sp³-hybridized carbons (Fsp3) is 0.273. The Hall–Kier alpha value is -1.73. The lowest BCUT2D eigenvalue weighted by Gasteiger charge is -2.05. The van der Waals surface area contributed by atoms with Gasteiger partial charge in [-0.3, -0.25) is 4.79 Å². The number of rotatable bonds is 4. The highest BCUT2D eigenvalue weighted by Crippen LogP contribution is 2.21. The number of hydrogen-bond donors (Lipinski definition) is 2. The highest BCUT2D eigenvalue weighted by atomic mass is 35.5. The average Bonchev–Trinajstić information content (AvgIpc) is 2.23. The summed E-state index contributed by atoms with van der Waals surface area (Å²) in [7, 11) is 0. The van der Waals surface area contributed by atoms with Gasteiger partial charge < -0.3 is 10.4 Å². The van der Waals surface area contributed by atoms with E-state index in [4.69, 9.17) is 16.9 Å². The molecule has 5 heteroatoms. The Morgan fingerprint density at radius 3 is 3.00 bits per heavy atom.